The van der Waals surface area contributed by atoms with Gasteiger partial charge in [0.25, 0.3) is 0 Å². The molecule has 0 bridgehead atoms. The first kappa shape index (κ1) is 22.1. The van der Waals surface area contributed by atoms with Crippen molar-refractivity contribution in [3.05, 3.63) is 63.5 Å². The second-order valence-corrected chi connectivity index (χ2v) is 10.8. The molecule has 0 aliphatic rings. The maximum atomic E-state index is 12.8. The van der Waals surface area contributed by atoms with Gasteiger partial charge in [0.15, 0.2) is 0 Å². The van der Waals surface area contributed by atoms with Crippen LogP contribution in [0.15, 0.2) is 47.4 Å². The van der Waals surface area contributed by atoms with Gasteiger partial charge in [-0.2, -0.15) is 0 Å². The largest absolute Gasteiger partial charge is 0.325 e. The molecule has 6 nitrogen and oxygen atoms in total. The highest BCUT2D eigenvalue weighted by molar-refractivity contribution is 7.89. The second kappa shape index (κ2) is 8.67. The molecule has 0 radical (unpaired) electrons. The minimum Gasteiger partial charge on any atom is -0.325 e. The molecule has 1 aromatic heterocycles. The Morgan fingerprint density at radius 2 is 1.73 bits per heavy atom. The van der Waals surface area contributed by atoms with E-state index in [-0.39, 0.29) is 17.2 Å². The Balaban J connectivity index is 1.84. The summed E-state index contributed by atoms with van der Waals surface area (Å²) in [5.74, 6) is -0.213. The summed E-state index contributed by atoms with van der Waals surface area (Å²) >= 11 is 1.49. The van der Waals surface area contributed by atoms with Crippen molar-refractivity contribution >= 4 is 33.0 Å². The molecule has 158 valence electrons. The molecule has 0 saturated heterocycles. The van der Waals surface area contributed by atoms with Crippen LogP contribution in [0.1, 0.15) is 21.0 Å². The summed E-state index contributed by atoms with van der Waals surface area (Å²) in [5.41, 5.74) is 4.23. The summed E-state index contributed by atoms with van der Waals surface area (Å²) in [4.78, 5) is 18.4. The second-order valence-electron chi connectivity index (χ2n) is 7.36. The molecule has 8 heteroatoms. The van der Waals surface area contributed by atoms with E-state index >= 15 is 0 Å². The predicted octanol–water partition coefficient (Wildman–Crippen LogP) is 4.17. The number of aromatic nitrogens is 1. The fourth-order valence-electron chi connectivity index (χ4n) is 2.97. The van der Waals surface area contributed by atoms with Crippen molar-refractivity contribution in [1.29, 1.82) is 0 Å². The number of anilines is 1. The number of aryl methyl sites for hydroxylation is 3. The summed E-state index contributed by atoms with van der Waals surface area (Å²) in [6.07, 6.45) is 0.165. The zero-order valence-electron chi connectivity index (χ0n) is 17.7. The molecule has 0 fully saturated rings. The Morgan fingerprint density at radius 3 is 2.37 bits per heavy atom. The van der Waals surface area contributed by atoms with E-state index in [1.54, 1.807) is 12.1 Å². The third-order valence-corrected chi connectivity index (χ3v) is 7.49. The minimum atomic E-state index is -3.58. The quantitative estimate of drug-likeness (QED) is 0.620. The van der Waals surface area contributed by atoms with Gasteiger partial charge in [-0.25, -0.2) is 17.7 Å². The zero-order valence-corrected chi connectivity index (χ0v) is 19.3. The van der Waals surface area contributed by atoms with Crippen LogP contribution in [0, 0.1) is 20.8 Å². The number of carbonyl (C=O) groups is 1. The Hall–Kier alpha value is -2.55. The first-order chi connectivity index (χ1) is 14.1. The van der Waals surface area contributed by atoms with Crippen molar-refractivity contribution in [3.8, 4) is 11.3 Å². The maximum absolute atomic E-state index is 12.8. The molecule has 0 unspecified atom stereocenters. The van der Waals surface area contributed by atoms with E-state index in [0.29, 0.717) is 5.69 Å². The van der Waals surface area contributed by atoms with Crippen LogP contribution >= 0.6 is 11.3 Å². The van der Waals surface area contributed by atoms with E-state index in [1.165, 1.54) is 31.5 Å². The van der Waals surface area contributed by atoms with E-state index in [0.717, 1.165) is 36.6 Å². The highest BCUT2D eigenvalue weighted by Crippen LogP contribution is 2.29. The van der Waals surface area contributed by atoms with Crippen molar-refractivity contribution in [1.82, 2.24) is 9.29 Å². The normalized spacial score (nSPS) is 11.7. The Bertz CT molecular complexity index is 1180. The number of nitrogens with zero attached hydrogens (tertiary/aromatic N) is 2. The molecule has 0 atom stereocenters. The summed E-state index contributed by atoms with van der Waals surface area (Å²) in [5, 5.41) is 3.76. The highest BCUT2D eigenvalue weighted by Gasteiger charge is 2.20. The number of carbonyl (C=O) groups excluding carboxylic acids is 1. The molecule has 0 aliphatic heterocycles. The SMILES string of the molecule is Cc1ccc(-c2nc(C)sc2CC(=O)Nc2cc(S(=O)(=O)N(C)C)ccc2C)cc1. The lowest BCUT2D eigenvalue weighted by atomic mass is 10.1. The van der Waals surface area contributed by atoms with Crippen LogP contribution in [0.4, 0.5) is 5.69 Å². The lowest BCUT2D eigenvalue weighted by Gasteiger charge is -2.14. The smallest absolute Gasteiger partial charge is 0.242 e. The van der Waals surface area contributed by atoms with Crippen LogP contribution in [0.3, 0.4) is 0 Å². The standard InChI is InChI=1S/C22H25N3O3S2/c1-14-6-9-17(10-7-14)22-20(29-16(3)23-22)13-21(26)24-19-12-18(11-8-15(19)2)30(27,28)25(4)5/h6-12H,13H2,1-5H3,(H,24,26). The number of sulfonamides is 1. The molecular weight excluding hydrogens is 418 g/mol. The maximum Gasteiger partial charge on any atom is 0.242 e. The third kappa shape index (κ3) is 4.77. The van der Waals surface area contributed by atoms with Gasteiger partial charge in [-0.15, -0.1) is 11.3 Å². The molecule has 0 spiro atoms. The Labute approximate surface area is 181 Å². The Morgan fingerprint density at radius 1 is 1.07 bits per heavy atom. The monoisotopic (exact) mass is 443 g/mol. The number of nitrogens with one attached hydrogen (secondary N) is 1. The third-order valence-electron chi connectivity index (χ3n) is 4.71. The van der Waals surface area contributed by atoms with Crippen molar-refractivity contribution in [2.24, 2.45) is 0 Å². The van der Waals surface area contributed by atoms with Gasteiger partial charge >= 0.3 is 0 Å². The number of thiazole rings is 1. The van der Waals surface area contributed by atoms with Crippen LogP contribution in [-0.4, -0.2) is 37.7 Å². The van der Waals surface area contributed by atoms with Gasteiger partial charge in [0.1, 0.15) is 0 Å². The van der Waals surface area contributed by atoms with Crippen molar-refractivity contribution in [3.63, 3.8) is 0 Å². The molecule has 1 heterocycles. The molecular formula is C22H25N3O3S2. The van der Waals surface area contributed by atoms with Crippen LogP contribution in [0.25, 0.3) is 11.3 Å². The fraction of sp³-hybridized carbons (Fsp3) is 0.273. The van der Waals surface area contributed by atoms with Gasteiger partial charge in [-0.05, 0) is 38.5 Å². The van der Waals surface area contributed by atoms with Gasteiger partial charge < -0.3 is 5.32 Å². The first-order valence-electron chi connectivity index (χ1n) is 9.44. The van der Waals surface area contributed by atoms with Gasteiger partial charge in [0.2, 0.25) is 15.9 Å². The highest BCUT2D eigenvalue weighted by atomic mass is 32.2. The van der Waals surface area contributed by atoms with Gasteiger partial charge in [-0.1, -0.05) is 35.9 Å². The number of benzene rings is 2. The molecule has 0 saturated carbocycles. The van der Waals surface area contributed by atoms with Crippen LogP contribution in [-0.2, 0) is 21.2 Å². The van der Waals surface area contributed by atoms with E-state index in [1.807, 2.05) is 45.0 Å². The summed E-state index contributed by atoms with van der Waals surface area (Å²) in [7, 11) is -0.623. The zero-order chi connectivity index (χ0) is 22.1. The van der Waals surface area contributed by atoms with E-state index in [4.69, 9.17) is 0 Å². The molecule has 1 amide bonds. The lowest BCUT2D eigenvalue weighted by Crippen LogP contribution is -2.22. The average molecular weight is 444 g/mol. The molecule has 3 aromatic rings. The van der Waals surface area contributed by atoms with Crippen LogP contribution in [0.2, 0.25) is 0 Å². The molecule has 30 heavy (non-hydrogen) atoms. The lowest BCUT2D eigenvalue weighted by molar-refractivity contribution is -0.115. The average Bonchev–Trinajstić information content (AvgIpc) is 3.03. The Kier molecular flexibility index (Phi) is 6.40. The number of amides is 1. The summed E-state index contributed by atoms with van der Waals surface area (Å²) in [6.45, 7) is 5.77. The molecule has 0 aliphatic carbocycles. The van der Waals surface area contributed by atoms with E-state index < -0.39 is 10.0 Å². The van der Waals surface area contributed by atoms with E-state index in [9.17, 15) is 13.2 Å². The van der Waals surface area contributed by atoms with Gasteiger partial charge in [0, 0.05) is 30.2 Å². The van der Waals surface area contributed by atoms with Crippen molar-refractivity contribution in [2.45, 2.75) is 32.1 Å². The molecule has 2 aromatic carbocycles. The first-order valence-corrected chi connectivity index (χ1v) is 11.7. The number of hydrogen-bond donors (Lipinski definition) is 1. The topological polar surface area (TPSA) is 79.4 Å². The van der Waals surface area contributed by atoms with Crippen LogP contribution in [0.5, 0.6) is 0 Å². The van der Waals surface area contributed by atoms with Gasteiger partial charge in [-0.3, -0.25) is 4.79 Å². The van der Waals surface area contributed by atoms with Crippen LogP contribution < -0.4 is 5.32 Å². The minimum absolute atomic E-state index is 0.141. The number of rotatable bonds is 6. The predicted molar refractivity (Wildman–Crippen MR) is 121 cm³/mol. The summed E-state index contributed by atoms with van der Waals surface area (Å²) < 4.78 is 26.0. The number of hydrogen-bond acceptors (Lipinski definition) is 5. The van der Waals surface area contributed by atoms with Crippen molar-refractivity contribution < 1.29 is 13.2 Å². The molecule has 1 N–H and O–H groups in total. The van der Waals surface area contributed by atoms with E-state index in [2.05, 4.69) is 10.3 Å². The molecule has 3 rings (SSSR count). The van der Waals surface area contributed by atoms with Crippen molar-refractivity contribution in [2.75, 3.05) is 19.4 Å². The fourth-order valence-corrected chi connectivity index (χ4v) is 4.86. The summed E-state index contributed by atoms with van der Waals surface area (Å²) in [6, 6.07) is 12.8. The van der Waals surface area contributed by atoms with Gasteiger partial charge in [0.05, 0.1) is 22.0 Å².